The molecule has 0 radical (unpaired) electrons. The quantitative estimate of drug-likeness (QED) is 0.519. The van der Waals surface area contributed by atoms with Crippen LogP contribution in [0.3, 0.4) is 0 Å². The van der Waals surface area contributed by atoms with Gasteiger partial charge in [0.25, 0.3) is 0 Å². The zero-order chi connectivity index (χ0) is 17.4. The van der Waals surface area contributed by atoms with Gasteiger partial charge >= 0.3 is 5.97 Å². The molecule has 0 bridgehead atoms. The average molecular weight is 328 g/mol. The van der Waals surface area contributed by atoms with E-state index in [9.17, 15) is 4.79 Å². The van der Waals surface area contributed by atoms with Crippen LogP contribution in [-0.4, -0.2) is 43.6 Å². The maximum Gasteiger partial charge on any atom is 0.310 e. The topological polar surface area (TPSA) is 77.7 Å². The van der Waals surface area contributed by atoms with Crippen molar-refractivity contribution in [1.82, 2.24) is 10.2 Å². The van der Waals surface area contributed by atoms with Gasteiger partial charge in [0.1, 0.15) is 0 Å². The Morgan fingerprint density at radius 3 is 3.08 bits per heavy atom. The molecule has 1 aromatic carbocycles. The molecule has 1 fully saturated rings. The van der Waals surface area contributed by atoms with Gasteiger partial charge in [-0.3, -0.25) is 9.79 Å². The molecule has 1 unspecified atom stereocenters. The molecule has 2 rings (SSSR count). The smallest absolute Gasteiger partial charge is 0.310 e. The second-order valence-electron chi connectivity index (χ2n) is 5.75. The molecule has 6 nitrogen and oxygen atoms in total. The number of likely N-dealkylation sites (tertiary alicyclic amines) is 1. The Morgan fingerprint density at radius 2 is 2.38 bits per heavy atom. The third-order valence-electron chi connectivity index (χ3n) is 4.06. The zero-order valence-corrected chi connectivity index (χ0v) is 14.3. The fourth-order valence-electron chi connectivity index (χ4n) is 2.89. The monoisotopic (exact) mass is 328 g/mol. The van der Waals surface area contributed by atoms with Crippen LogP contribution in [0.2, 0.25) is 0 Å². The number of carbonyl (C=O) groups is 1. The molecule has 1 heterocycles. The van der Waals surface area contributed by atoms with Gasteiger partial charge in [-0.05, 0) is 37.5 Å². The van der Waals surface area contributed by atoms with Crippen molar-refractivity contribution < 1.29 is 9.53 Å². The molecular formula is C18H24N4O2. The number of esters is 1. The third kappa shape index (κ3) is 4.72. The van der Waals surface area contributed by atoms with Crippen LogP contribution in [0.5, 0.6) is 0 Å². The molecule has 128 valence electrons. The van der Waals surface area contributed by atoms with E-state index in [2.05, 4.69) is 21.3 Å². The van der Waals surface area contributed by atoms with Crippen molar-refractivity contribution in [3.8, 4) is 6.07 Å². The predicted molar refractivity (Wildman–Crippen MR) is 92.3 cm³/mol. The number of hydrogen-bond acceptors (Lipinski definition) is 4. The first-order valence-corrected chi connectivity index (χ1v) is 8.29. The lowest BCUT2D eigenvalue weighted by Crippen LogP contribution is -2.48. The predicted octanol–water partition coefficient (Wildman–Crippen LogP) is 1.91. The van der Waals surface area contributed by atoms with Gasteiger partial charge in [-0.25, -0.2) is 0 Å². The number of nitrogens with one attached hydrogen (secondary N) is 1. The van der Waals surface area contributed by atoms with Gasteiger partial charge in [-0.15, -0.1) is 0 Å². The number of rotatable bonds is 4. The molecule has 0 aromatic heterocycles. The fraction of sp³-hybridized carbons (Fsp3) is 0.500. The second kappa shape index (κ2) is 8.92. The van der Waals surface area contributed by atoms with Gasteiger partial charge in [0.05, 0.1) is 24.2 Å². The van der Waals surface area contributed by atoms with Crippen LogP contribution in [0.4, 0.5) is 0 Å². The van der Waals surface area contributed by atoms with E-state index in [-0.39, 0.29) is 11.9 Å². The molecule has 0 saturated carbocycles. The first-order valence-electron chi connectivity index (χ1n) is 8.29. The highest BCUT2D eigenvalue weighted by atomic mass is 16.5. The largest absolute Gasteiger partial charge is 0.466 e. The Labute approximate surface area is 143 Å². The van der Waals surface area contributed by atoms with Crippen LogP contribution in [0.25, 0.3) is 0 Å². The van der Waals surface area contributed by atoms with E-state index >= 15 is 0 Å². The molecule has 0 amide bonds. The Balaban J connectivity index is 1.95. The SMILES string of the molecule is CCOC(=O)C1CCCN(C(=NC)NCc2cccc(C#N)c2)C1. The fourth-order valence-corrected chi connectivity index (χ4v) is 2.89. The van der Waals surface area contributed by atoms with Gasteiger partial charge in [0.2, 0.25) is 0 Å². The molecule has 24 heavy (non-hydrogen) atoms. The summed E-state index contributed by atoms with van der Waals surface area (Å²) in [7, 11) is 1.74. The normalized spacial score (nSPS) is 18.0. The molecule has 1 aromatic rings. The first kappa shape index (κ1) is 17.8. The molecule has 1 aliphatic rings. The lowest BCUT2D eigenvalue weighted by molar-refractivity contribution is -0.149. The summed E-state index contributed by atoms with van der Waals surface area (Å²) >= 11 is 0. The van der Waals surface area contributed by atoms with E-state index < -0.39 is 0 Å². The van der Waals surface area contributed by atoms with Crippen molar-refractivity contribution in [3.63, 3.8) is 0 Å². The minimum atomic E-state index is -0.126. The molecule has 0 spiro atoms. The number of aliphatic imine (C=N–C) groups is 1. The number of nitriles is 1. The lowest BCUT2D eigenvalue weighted by atomic mass is 9.98. The van der Waals surface area contributed by atoms with Crippen LogP contribution < -0.4 is 5.32 Å². The van der Waals surface area contributed by atoms with Crippen molar-refractivity contribution in [2.75, 3.05) is 26.7 Å². The Morgan fingerprint density at radius 1 is 1.54 bits per heavy atom. The van der Waals surface area contributed by atoms with Crippen molar-refractivity contribution in [3.05, 3.63) is 35.4 Å². The van der Waals surface area contributed by atoms with Gasteiger partial charge < -0.3 is 15.0 Å². The van der Waals surface area contributed by atoms with Crippen LogP contribution in [-0.2, 0) is 16.1 Å². The summed E-state index contributed by atoms with van der Waals surface area (Å²) in [6.07, 6.45) is 1.80. The van der Waals surface area contributed by atoms with E-state index in [0.29, 0.717) is 25.3 Å². The summed E-state index contributed by atoms with van der Waals surface area (Å²) in [6, 6.07) is 9.63. The molecule has 1 N–H and O–H groups in total. The number of guanidine groups is 1. The standard InChI is InChI=1S/C18H24N4O2/c1-3-24-17(23)16-8-5-9-22(13-16)18(20-2)21-12-15-7-4-6-14(10-15)11-19/h4,6-7,10,16H,3,5,8-9,12-13H2,1-2H3,(H,20,21). The highest BCUT2D eigenvalue weighted by molar-refractivity contribution is 5.81. The van der Waals surface area contributed by atoms with Gasteiger partial charge in [0.15, 0.2) is 5.96 Å². The van der Waals surface area contributed by atoms with Crippen LogP contribution >= 0.6 is 0 Å². The van der Waals surface area contributed by atoms with Crippen molar-refractivity contribution in [2.45, 2.75) is 26.3 Å². The number of benzene rings is 1. The lowest BCUT2D eigenvalue weighted by Gasteiger charge is -2.34. The van der Waals surface area contributed by atoms with E-state index in [0.717, 1.165) is 30.9 Å². The van der Waals surface area contributed by atoms with Crippen molar-refractivity contribution in [1.29, 1.82) is 5.26 Å². The highest BCUT2D eigenvalue weighted by Gasteiger charge is 2.28. The van der Waals surface area contributed by atoms with E-state index in [1.165, 1.54) is 0 Å². The average Bonchev–Trinajstić information content (AvgIpc) is 2.63. The number of nitrogens with zero attached hydrogens (tertiary/aromatic N) is 3. The number of piperidine rings is 1. The molecule has 1 saturated heterocycles. The summed E-state index contributed by atoms with van der Waals surface area (Å²) in [6.45, 7) is 4.32. The molecule has 6 heteroatoms. The molecular weight excluding hydrogens is 304 g/mol. The molecule has 1 atom stereocenters. The van der Waals surface area contributed by atoms with Crippen molar-refractivity contribution in [2.24, 2.45) is 10.9 Å². The van der Waals surface area contributed by atoms with Crippen LogP contribution in [0.15, 0.2) is 29.3 Å². The number of hydrogen-bond donors (Lipinski definition) is 1. The summed E-state index contributed by atoms with van der Waals surface area (Å²) in [5, 5.41) is 12.3. The van der Waals surface area contributed by atoms with Crippen LogP contribution in [0.1, 0.15) is 30.9 Å². The Bertz CT molecular complexity index is 636. The summed E-state index contributed by atoms with van der Waals surface area (Å²) in [4.78, 5) is 18.4. The maximum atomic E-state index is 12.0. The number of carbonyl (C=O) groups excluding carboxylic acids is 1. The Hall–Kier alpha value is -2.55. The van der Waals surface area contributed by atoms with E-state index in [1.54, 1.807) is 13.1 Å². The van der Waals surface area contributed by atoms with E-state index in [1.807, 2.05) is 25.1 Å². The number of ether oxygens (including phenoxy) is 1. The maximum absolute atomic E-state index is 12.0. The van der Waals surface area contributed by atoms with Crippen LogP contribution in [0, 0.1) is 17.2 Å². The zero-order valence-electron chi connectivity index (χ0n) is 14.3. The second-order valence-corrected chi connectivity index (χ2v) is 5.75. The van der Waals surface area contributed by atoms with E-state index in [4.69, 9.17) is 10.00 Å². The highest BCUT2D eigenvalue weighted by Crippen LogP contribution is 2.18. The third-order valence-corrected chi connectivity index (χ3v) is 4.06. The molecule has 1 aliphatic heterocycles. The minimum absolute atomic E-state index is 0.0980. The van der Waals surface area contributed by atoms with Gasteiger partial charge in [-0.2, -0.15) is 5.26 Å². The van der Waals surface area contributed by atoms with Crippen molar-refractivity contribution >= 4 is 11.9 Å². The van der Waals surface area contributed by atoms with Gasteiger partial charge in [0, 0.05) is 26.7 Å². The first-order chi connectivity index (χ1) is 11.7. The minimum Gasteiger partial charge on any atom is -0.466 e. The Kier molecular flexibility index (Phi) is 6.62. The van der Waals surface area contributed by atoms with Gasteiger partial charge in [-0.1, -0.05) is 12.1 Å². The summed E-state index contributed by atoms with van der Waals surface area (Å²) in [5.74, 6) is 0.546. The summed E-state index contributed by atoms with van der Waals surface area (Å²) in [5.41, 5.74) is 1.67. The molecule has 0 aliphatic carbocycles. The summed E-state index contributed by atoms with van der Waals surface area (Å²) < 4.78 is 5.14.